The molecule has 0 fully saturated rings. The van der Waals surface area contributed by atoms with E-state index in [1.807, 2.05) is 0 Å². The van der Waals surface area contributed by atoms with Crippen LogP contribution in [0.1, 0.15) is 15.9 Å². The largest absolute Gasteiger partial charge is 0.573 e. The molecular weight excluding hydrogens is 340 g/mol. The lowest BCUT2D eigenvalue weighted by Gasteiger charge is -2.16. The first-order valence-electron chi connectivity index (χ1n) is 5.15. The molecule has 0 bridgehead atoms. The second-order valence-corrected chi connectivity index (χ2v) is 4.62. The molecule has 1 aromatic carbocycles. The van der Waals surface area contributed by atoms with Gasteiger partial charge in [-0.2, -0.15) is 18.4 Å². The third-order valence-corrected chi connectivity index (χ3v) is 2.87. The van der Waals surface area contributed by atoms with Gasteiger partial charge in [0.25, 0.3) is 0 Å². The molecule has 4 nitrogen and oxygen atoms in total. The van der Waals surface area contributed by atoms with Crippen molar-refractivity contribution in [1.29, 1.82) is 5.26 Å². The average Bonchev–Trinajstić information content (AvgIpc) is 2.34. The topological polar surface area (TPSA) is 59.3 Å². The molecule has 0 radical (unpaired) electrons. The molecule has 0 spiro atoms. The molecule has 0 aliphatic heterocycles. The van der Waals surface area contributed by atoms with Gasteiger partial charge in [0, 0.05) is 4.90 Å². The van der Waals surface area contributed by atoms with Crippen LogP contribution in [0.15, 0.2) is 17.0 Å². The van der Waals surface area contributed by atoms with Gasteiger partial charge in [0.1, 0.15) is 17.2 Å². The van der Waals surface area contributed by atoms with E-state index in [0.717, 1.165) is 7.11 Å². The van der Waals surface area contributed by atoms with Crippen LogP contribution < -0.4 is 4.74 Å². The van der Waals surface area contributed by atoms with Gasteiger partial charge in [-0.3, -0.25) is 0 Å². The molecule has 0 aromatic heterocycles. The molecule has 0 amide bonds. The van der Waals surface area contributed by atoms with Crippen LogP contribution >= 0.6 is 11.8 Å². The fourth-order valence-electron chi connectivity index (χ4n) is 1.37. The van der Waals surface area contributed by atoms with E-state index < -0.39 is 51.4 Å². The molecule has 120 valence electrons. The van der Waals surface area contributed by atoms with E-state index in [1.54, 1.807) is 0 Å². The number of esters is 1. The number of halogens is 6. The Kier molecular flexibility index (Phi) is 5.18. The molecule has 0 atom stereocenters. The summed E-state index contributed by atoms with van der Waals surface area (Å²) in [5.74, 6) is -2.63. The maximum atomic E-state index is 12.4. The number of carbonyl (C=O) groups is 1. The Balaban J connectivity index is 3.52. The molecular formula is C11H5F6NO3S. The van der Waals surface area contributed by atoms with Crippen LogP contribution in [0.5, 0.6) is 5.75 Å². The van der Waals surface area contributed by atoms with Crippen molar-refractivity contribution >= 4 is 17.7 Å². The number of methoxy groups -OCH3 is 1. The highest BCUT2D eigenvalue weighted by Gasteiger charge is 2.37. The maximum Gasteiger partial charge on any atom is 0.573 e. The number of ether oxygens (including phenoxy) is 2. The molecule has 0 aliphatic rings. The van der Waals surface area contributed by atoms with Crippen LogP contribution in [0.3, 0.4) is 0 Å². The number of rotatable bonds is 3. The fourth-order valence-corrected chi connectivity index (χ4v) is 2.00. The lowest BCUT2D eigenvalue weighted by molar-refractivity contribution is -0.274. The van der Waals surface area contributed by atoms with Gasteiger partial charge in [-0.25, -0.2) is 4.79 Å². The molecule has 0 aliphatic carbocycles. The van der Waals surface area contributed by atoms with E-state index in [4.69, 9.17) is 5.26 Å². The summed E-state index contributed by atoms with van der Waals surface area (Å²) >= 11 is -0.802. The van der Waals surface area contributed by atoms with E-state index in [1.165, 1.54) is 6.07 Å². The zero-order chi connectivity index (χ0) is 17.1. The summed E-state index contributed by atoms with van der Waals surface area (Å²) in [7, 11) is 0.851. The maximum absolute atomic E-state index is 12.4. The standard InChI is InChI=1S/C11H5F6NO3S/c1-20-9(19)5-2-3-7(22-11(15,16)17)6(4-18)8(5)21-10(12,13)14/h2-3H,1H3. The molecule has 0 heterocycles. The highest BCUT2D eigenvalue weighted by atomic mass is 32.2. The van der Waals surface area contributed by atoms with Gasteiger partial charge in [-0.05, 0) is 23.9 Å². The highest BCUT2D eigenvalue weighted by Crippen LogP contribution is 2.43. The lowest BCUT2D eigenvalue weighted by Crippen LogP contribution is -2.20. The summed E-state index contributed by atoms with van der Waals surface area (Å²) in [5, 5.41) is 8.84. The van der Waals surface area contributed by atoms with Crippen molar-refractivity contribution in [3.63, 3.8) is 0 Å². The van der Waals surface area contributed by atoms with Gasteiger partial charge in [-0.1, -0.05) is 0 Å². The second-order valence-electron chi connectivity index (χ2n) is 3.51. The van der Waals surface area contributed by atoms with E-state index in [2.05, 4.69) is 9.47 Å². The van der Waals surface area contributed by atoms with Crippen molar-refractivity contribution in [2.24, 2.45) is 0 Å². The summed E-state index contributed by atoms with van der Waals surface area (Å²) in [4.78, 5) is 10.5. The van der Waals surface area contributed by atoms with Crippen LogP contribution in [-0.4, -0.2) is 24.9 Å². The molecule has 0 unspecified atom stereocenters. The van der Waals surface area contributed by atoms with E-state index >= 15 is 0 Å². The number of thioether (sulfide) groups is 1. The molecule has 11 heteroatoms. The first-order valence-corrected chi connectivity index (χ1v) is 5.97. The van der Waals surface area contributed by atoms with Crippen molar-refractivity contribution < 1.29 is 40.6 Å². The molecule has 0 saturated heterocycles. The third-order valence-electron chi connectivity index (χ3n) is 2.08. The number of carbonyl (C=O) groups excluding carboxylic acids is 1. The lowest BCUT2D eigenvalue weighted by atomic mass is 10.1. The Labute approximate surface area is 123 Å². The number of nitrogens with zero attached hydrogens (tertiary/aromatic N) is 1. The first kappa shape index (κ1) is 18.0. The zero-order valence-corrected chi connectivity index (χ0v) is 11.3. The Morgan fingerprint density at radius 1 is 1.23 bits per heavy atom. The minimum atomic E-state index is -5.31. The number of hydrogen-bond donors (Lipinski definition) is 0. The summed E-state index contributed by atoms with van der Waals surface area (Å²) < 4.78 is 81.9. The van der Waals surface area contributed by atoms with Crippen LogP contribution in [0.25, 0.3) is 0 Å². The predicted octanol–water partition coefficient (Wildman–Crippen LogP) is 3.86. The van der Waals surface area contributed by atoms with E-state index in [0.29, 0.717) is 12.1 Å². The van der Waals surface area contributed by atoms with Crippen molar-refractivity contribution in [2.75, 3.05) is 7.11 Å². The molecule has 0 N–H and O–H groups in total. The number of hydrogen-bond acceptors (Lipinski definition) is 5. The second kappa shape index (κ2) is 6.35. The number of alkyl halides is 6. The molecule has 22 heavy (non-hydrogen) atoms. The fraction of sp³-hybridized carbons (Fsp3) is 0.273. The Bertz CT molecular complexity index is 620. The highest BCUT2D eigenvalue weighted by molar-refractivity contribution is 8.00. The SMILES string of the molecule is COC(=O)c1ccc(SC(F)(F)F)c(C#N)c1OC(F)(F)F. The first-order chi connectivity index (χ1) is 9.98. The average molecular weight is 345 g/mol. The number of nitriles is 1. The molecule has 1 aromatic rings. The van der Waals surface area contributed by atoms with Crippen molar-refractivity contribution in [1.82, 2.24) is 0 Å². The normalized spacial score (nSPS) is 11.7. The van der Waals surface area contributed by atoms with Gasteiger partial charge in [0.2, 0.25) is 0 Å². The van der Waals surface area contributed by atoms with Gasteiger partial charge < -0.3 is 9.47 Å². The molecule has 0 saturated carbocycles. The minimum absolute atomic E-state index is 0.655. The van der Waals surface area contributed by atoms with Gasteiger partial charge >= 0.3 is 17.8 Å². The quantitative estimate of drug-likeness (QED) is 0.473. The van der Waals surface area contributed by atoms with E-state index in [-0.39, 0.29) is 0 Å². The summed E-state index contributed by atoms with van der Waals surface area (Å²) in [5.41, 5.74) is -6.72. The number of benzene rings is 1. The van der Waals surface area contributed by atoms with Gasteiger partial charge in [-0.15, -0.1) is 13.2 Å². The third kappa shape index (κ3) is 4.73. The van der Waals surface area contributed by atoms with E-state index in [9.17, 15) is 31.1 Å². The molecule has 1 rings (SSSR count). The Morgan fingerprint density at radius 2 is 1.82 bits per heavy atom. The summed E-state index contributed by atoms with van der Waals surface area (Å²) in [6, 6.07) is 2.52. The monoisotopic (exact) mass is 345 g/mol. The smallest absolute Gasteiger partial charge is 0.465 e. The Hall–Kier alpha value is -2.09. The van der Waals surface area contributed by atoms with Gasteiger partial charge in [0.05, 0.1) is 7.11 Å². The Morgan fingerprint density at radius 3 is 2.23 bits per heavy atom. The van der Waals surface area contributed by atoms with Crippen molar-refractivity contribution in [2.45, 2.75) is 16.8 Å². The van der Waals surface area contributed by atoms with Crippen LogP contribution in [-0.2, 0) is 4.74 Å². The zero-order valence-electron chi connectivity index (χ0n) is 10.5. The van der Waals surface area contributed by atoms with Crippen LogP contribution in [0.2, 0.25) is 0 Å². The van der Waals surface area contributed by atoms with Crippen molar-refractivity contribution in [3.8, 4) is 11.8 Å². The van der Waals surface area contributed by atoms with Crippen molar-refractivity contribution in [3.05, 3.63) is 23.3 Å². The summed E-state index contributed by atoms with van der Waals surface area (Å²) in [6.07, 6.45) is -5.31. The minimum Gasteiger partial charge on any atom is -0.465 e. The van der Waals surface area contributed by atoms with Gasteiger partial charge in [0.15, 0.2) is 5.75 Å². The summed E-state index contributed by atoms with van der Waals surface area (Å²) in [6.45, 7) is 0. The van der Waals surface area contributed by atoms with Crippen LogP contribution in [0, 0.1) is 11.3 Å². The van der Waals surface area contributed by atoms with Crippen LogP contribution in [0.4, 0.5) is 26.3 Å². The predicted molar refractivity (Wildman–Crippen MR) is 61.1 cm³/mol.